The lowest BCUT2D eigenvalue weighted by Gasteiger charge is -2.10. The van der Waals surface area contributed by atoms with Crippen molar-refractivity contribution in [2.24, 2.45) is 0 Å². The lowest BCUT2D eigenvalue weighted by Crippen LogP contribution is -2.12. The van der Waals surface area contributed by atoms with Crippen LogP contribution in [0.3, 0.4) is 0 Å². The highest BCUT2D eigenvalue weighted by Gasteiger charge is 2.22. The molecule has 7 nitrogen and oxygen atoms in total. The fourth-order valence-electron chi connectivity index (χ4n) is 3.03. The molecule has 0 saturated carbocycles. The van der Waals surface area contributed by atoms with Crippen molar-refractivity contribution in [3.05, 3.63) is 71.4 Å². The Morgan fingerprint density at radius 2 is 1.90 bits per heavy atom. The van der Waals surface area contributed by atoms with Gasteiger partial charge >= 0.3 is 0 Å². The van der Waals surface area contributed by atoms with E-state index in [0.717, 1.165) is 10.6 Å². The standard InChI is InChI=1S/C22H20N4O3S/c1-14-12-23-22(30-14)24-21(27)18-13-26(15-7-5-4-6-8-15)25-20(18)17-11-16(28-2)9-10-19(17)29-3/h4-13H,1-3H3,(H,23,24,27). The number of rotatable bonds is 6. The number of ether oxygens (including phenoxy) is 2. The number of benzene rings is 2. The number of hydrogen-bond donors (Lipinski definition) is 1. The maximum Gasteiger partial charge on any atom is 0.261 e. The van der Waals surface area contributed by atoms with E-state index in [1.54, 1.807) is 49.5 Å². The van der Waals surface area contributed by atoms with Crippen LogP contribution in [0.2, 0.25) is 0 Å². The molecule has 152 valence electrons. The minimum absolute atomic E-state index is 0.300. The van der Waals surface area contributed by atoms with Crippen molar-refractivity contribution in [1.29, 1.82) is 0 Å². The van der Waals surface area contributed by atoms with E-state index in [1.807, 2.05) is 37.3 Å². The Morgan fingerprint density at radius 3 is 2.57 bits per heavy atom. The van der Waals surface area contributed by atoms with Crippen LogP contribution in [0.25, 0.3) is 16.9 Å². The summed E-state index contributed by atoms with van der Waals surface area (Å²) >= 11 is 1.41. The molecule has 0 bridgehead atoms. The molecule has 0 fully saturated rings. The third-order valence-corrected chi connectivity index (χ3v) is 5.31. The summed E-state index contributed by atoms with van der Waals surface area (Å²) in [6, 6.07) is 15.0. The molecule has 0 atom stereocenters. The SMILES string of the molecule is COc1ccc(OC)c(-c2nn(-c3ccccc3)cc2C(=O)Nc2ncc(C)s2)c1. The molecule has 1 amide bonds. The number of thiazole rings is 1. The predicted octanol–water partition coefficient (Wildman–Crippen LogP) is 4.57. The first kappa shape index (κ1) is 19.7. The zero-order chi connectivity index (χ0) is 21.1. The van der Waals surface area contributed by atoms with Crippen molar-refractivity contribution in [2.75, 3.05) is 19.5 Å². The Hall–Kier alpha value is -3.65. The number of anilines is 1. The molecule has 0 radical (unpaired) electrons. The zero-order valence-electron chi connectivity index (χ0n) is 16.7. The Balaban J connectivity index is 1.84. The van der Waals surface area contributed by atoms with Crippen LogP contribution < -0.4 is 14.8 Å². The van der Waals surface area contributed by atoms with Crippen LogP contribution in [0, 0.1) is 6.92 Å². The highest BCUT2D eigenvalue weighted by atomic mass is 32.1. The van der Waals surface area contributed by atoms with Gasteiger partial charge in [-0.25, -0.2) is 9.67 Å². The summed E-state index contributed by atoms with van der Waals surface area (Å²) in [5.41, 5.74) is 2.38. The van der Waals surface area contributed by atoms with Gasteiger partial charge in [-0.15, -0.1) is 11.3 Å². The average molecular weight is 420 g/mol. The molecule has 2 heterocycles. The van der Waals surface area contributed by atoms with Gasteiger partial charge in [0.2, 0.25) is 0 Å². The monoisotopic (exact) mass is 420 g/mol. The molecule has 0 aliphatic heterocycles. The first-order valence-corrected chi connectivity index (χ1v) is 10.0. The second-order valence-electron chi connectivity index (χ2n) is 6.47. The van der Waals surface area contributed by atoms with E-state index < -0.39 is 0 Å². The van der Waals surface area contributed by atoms with Gasteiger partial charge in [0.25, 0.3) is 5.91 Å². The summed E-state index contributed by atoms with van der Waals surface area (Å²) in [4.78, 5) is 18.4. The normalized spacial score (nSPS) is 10.6. The van der Waals surface area contributed by atoms with Crippen molar-refractivity contribution in [1.82, 2.24) is 14.8 Å². The summed E-state index contributed by atoms with van der Waals surface area (Å²) < 4.78 is 12.6. The van der Waals surface area contributed by atoms with Gasteiger partial charge in [-0.3, -0.25) is 10.1 Å². The van der Waals surface area contributed by atoms with Crippen LogP contribution in [0.15, 0.2) is 60.9 Å². The van der Waals surface area contributed by atoms with Gasteiger partial charge in [-0.05, 0) is 37.3 Å². The Morgan fingerprint density at radius 1 is 1.10 bits per heavy atom. The van der Waals surface area contributed by atoms with Gasteiger partial charge in [0.1, 0.15) is 17.2 Å². The van der Waals surface area contributed by atoms with Crippen molar-refractivity contribution in [2.45, 2.75) is 6.92 Å². The summed E-state index contributed by atoms with van der Waals surface area (Å²) in [5, 5.41) is 8.10. The molecule has 0 unspecified atom stereocenters. The van der Waals surface area contributed by atoms with E-state index in [4.69, 9.17) is 14.6 Å². The fourth-order valence-corrected chi connectivity index (χ4v) is 3.69. The highest BCUT2D eigenvalue weighted by Crippen LogP contribution is 2.35. The summed E-state index contributed by atoms with van der Waals surface area (Å²) in [5.74, 6) is 0.932. The van der Waals surface area contributed by atoms with Crippen LogP contribution in [-0.4, -0.2) is 34.9 Å². The second-order valence-corrected chi connectivity index (χ2v) is 7.70. The van der Waals surface area contributed by atoms with Crippen molar-refractivity contribution in [3.63, 3.8) is 0 Å². The molecule has 0 spiro atoms. The summed E-state index contributed by atoms with van der Waals surface area (Å²) in [7, 11) is 3.17. The zero-order valence-corrected chi connectivity index (χ0v) is 17.6. The van der Waals surface area contributed by atoms with Crippen LogP contribution in [0.4, 0.5) is 5.13 Å². The fraction of sp³-hybridized carbons (Fsp3) is 0.136. The number of carbonyl (C=O) groups is 1. The lowest BCUT2D eigenvalue weighted by molar-refractivity contribution is 0.102. The maximum absolute atomic E-state index is 13.1. The first-order chi connectivity index (χ1) is 14.6. The van der Waals surface area contributed by atoms with Gasteiger partial charge in [0.05, 0.1) is 25.5 Å². The maximum atomic E-state index is 13.1. The van der Waals surface area contributed by atoms with E-state index in [9.17, 15) is 4.79 Å². The minimum atomic E-state index is -0.300. The average Bonchev–Trinajstić information content (AvgIpc) is 3.40. The molecule has 2 aromatic heterocycles. The lowest BCUT2D eigenvalue weighted by atomic mass is 10.1. The number of hydrogen-bond acceptors (Lipinski definition) is 6. The molecule has 4 aromatic rings. The number of nitrogens with one attached hydrogen (secondary N) is 1. The number of amides is 1. The van der Waals surface area contributed by atoms with Crippen LogP contribution >= 0.6 is 11.3 Å². The first-order valence-electron chi connectivity index (χ1n) is 9.20. The quantitative estimate of drug-likeness (QED) is 0.494. The van der Waals surface area contributed by atoms with E-state index >= 15 is 0 Å². The van der Waals surface area contributed by atoms with E-state index in [0.29, 0.717) is 33.5 Å². The predicted molar refractivity (Wildman–Crippen MR) is 117 cm³/mol. The summed E-state index contributed by atoms with van der Waals surface area (Å²) in [6.45, 7) is 1.94. The Kier molecular flexibility index (Phi) is 5.49. The number of para-hydroxylation sites is 1. The third kappa shape index (κ3) is 3.90. The molecule has 0 aliphatic carbocycles. The van der Waals surface area contributed by atoms with Gasteiger partial charge < -0.3 is 9.47 Å². The molecule has 1 N–H and O–H groups in total. The number of methoxy groups -OCH3 is 2. The number of aryl methyl sites for hydroxylation is 1. The van der Waals surface area contributed by atoms with Crippen molar-refractivity contribution in [3.8, 4) is 28.4 Å². The largest absolute Gasteiger partial charge is 0.497 e. The van der Waals surface area contributed by atoms with Gasteiger partial charge in [0.15, 0.2) is 5.13 Å². The Bertz CT molecular complexity index is 1180. The molecule has 0 saturated heterocycles. The summed E-state index contributed by atoms with van der Waals surface area (Å²) in [6.07, 6.45) is 3.43. The molecule has 4 rings (SSSR count). The molecule has 30 heavy (non-hydrogen) atoms. The number of aromatic nitrogens is 3. The van der Waals surface area contributed by atoms with Crippen LogP contribution in [-0.2, 0) is 0 Å². The van der Waals surface area contributed by atoms with E-state index in [1.165, 1.54) is 11.3 Å². The van der Waals surface area contributed by atoms with Gasteiger partial charge in [-0.1, -0.05) is 18.2 Å². The van der Waals surface area contributed by atoms with E-state index in [2.05, 4.69) is 10.3 Å². The van der Waals surface area contributed by atoms with Crippen molar-refractivity contribution >= 4 is 22.4 Å². The molecular formula is C22H20N4O3S. The third-order valence-electron chi connectivity index (χ3n) is 4.48. The van der Waals surface area contributed by atoms with E-state index in [-0.39, 0.29) is 5.91 Å². The van der Waals surface area contributed by atoms with Gasteiger partial charge in [0, 0.05) is 22.8 Å². The highest BCUT2D eigenvalue weighted by molar-refractivity contribution is 7.15. The number of nitrogens with zero attached hydrogens (tertiary/aromatic N) is 3. The molecule has 8 heteroatoms. The van der Waals surface area contributed by atoms with Crippen LogP contribution in [0.5, 0.6) is 11.5 Å². The topological polar surface area (TPSA) is 78.3 Å². The van der Waals surface area contributed by atoms with Gasteiger partial charge in [-0.2, -0.15) is 5.10 Å². The Labute approximate surface area is 177 Å². The van der Waals surface area contributed by atoms with Crippen LogP contribution in [0.1, 0.15) is 15.2 Å². The number of carbonyl (C=O) groups excluding carboxylic acids is 1. The molecular weight excluding hydrogens is 400 g/mol. The molecule has 0 aliphatic rings. The smallest absolute Gasteiger partial charge is 0.261 e. The molecule has 2 aromatic carbocycles. The second kappa shape index (κ2) is 8.38. The van der Waals surface area contributed by atoms with Crippen molar-refractivity contribution < 1.29 is 14.3 Å². The minimum Gasteiger partial charge on any atom is -0.497 e.